The van der Waals surface area contributed by atoms with Crippen LogP contribution in [0.3, 0.4) is 0 Å². The summed E-state index contributed by atoms with van der Waals surface area (Å²) in [7, 11) is -1.26. The Kier molecular flexibility index (Phi) is 2.58. The van der Waals surface area contributed by atoms with Crippen molar-refractivity contribution in [3.8, 4) is 11.3 Å². The average Bonchev–Trinajstić information content (AvgIpc) is 2.29. The maximum absolute atomic E-state index is 7.46. The zero-order valence-corrected chi connectivity index (χ0v) is 11.0. The Labute approximate surface area is 99.6 Å². The van der Waals surface area contributed by atoms with Crippen molar-refractivity contribution in [2.75, 3.05) is 0 Å². The Bertz CT molecular complexity index is 497. The molecule has 1 nitrogen and oxygen atoms in total. The SMILES string of the molecule is [2H]c1ccc(-c2ccc([Si](C)(C)C)cn2)cc1. The fourth-order valence-electron chi connectivity index (χ4n) is 1.57. The van der Waals surface area contributed by atoms with Gasteiger partial charge in [-0.25, -0.2) is 0 Å². The molecule has 0 amide bonds. The molecule has 0 saturated heterocycles. The van der Waals surface area contributed by atoms with Gasteiger partial charge in [-0.3, -0.25) is 4.98 Å². The Hall–Kier alpha value is -1.41. The van der Waals surface area contributed by atoms with Crippen molar-refractivity contribution in [3.05, 3.63) is 48.6 Å². The van der Waals surface area contributed by atoms with Gasteiger partial charge in [-0.05, 0) is 11.3 Å². The molecular weight excluding hydrogens is 210 g/mol. The Morgan fingerprint density at radius 1 is 1.06 bits per heavy atom. The van der Waals surface area contributed by atoms with Crippen molar-refractivity contribution in [2.24, 2.45) is 0 Å². The minimum absolute atomic E-state index is 0.535. The van der Waals surface area contributed by atoms with Crippen LogP contribution in [0.5, 0.6) is 0 Å². The summed E-state index contributed by atoms with van der Waals surface area (Å²) >= 11 is 0. The van der Waals surface area contributed by atoms with E-state index in [1.165, 1.54) is 5.19 Å². The summed E-state index contributed by atoms with van der Waals surface area (Å²) in [5, 5.41) is 1.37. The van der Waals surface area contributed by atoms with E-state index in [2.05, 4.69) is 36.8 Å². The first kappa shape index (κ1) is 9.79. The zero-order chi connectivity index (χ0) is 12.5. The molecule has 0 spiro atoms. The number of pyridine rings is 1. The van der Waals surface area contributed by atoms with Crippen LogP contribution in [0.1, 0.15) is 1.37 Å². The lowest BCUT2D eigenvalue weighted by atomic mass is 10.1. The normalized spacial score (nSPS) is 12.3. The van der Waals surface area contributed by atoms with Crippen molar-refractivity contribution >= 4 is 13.3 Å². The van der Waals surface area contributed by atoms with E-state index >= 15 is 0 Å². The van der Waals surface area contributed by atoms with Gasteiger partial charge in [-0.2, -0.15) is 0 Å². The first-order valence-electron chi connectivity index (χ1n) is 6.00. The van der Waals surface area contributed by atoms with Crippen LogP contribution in [-0.4, -0.2) is 13.1 Å². The number of rotatable bonds is 2. The first-order chi connectivity index (χ1) is 7.97. The fourth-order valence-corrected chi connectivity index (χ4v) is 2.60. The van der Waals surface area contributed by atoms with Crippen molar-refractivity contribution in [2.45, 2.75) is 19.6 Å². The molecule has 82 valence electrons. The zero-order valence-electron chi connectivity index (χ0n) is 11.0. The Balaban J connectivity index is 2.33. The summed E-state index contributed by atoms with van der Waals surface area (Å²) in [6.07, 6.45) is 2.00. The van der Waals surface area contributed by atoms with Gasteiger partial charge in [-0.15, -0.1) is 0 Å². The van der Waals surface area contributed by atoms with Gasteiger partial charge in [0.1, 0.15) is 0 Å². The van der Waals surface area contributed by atoms with E-state index in [1.54, 1.807) is 12.1 Å². The van der Waals surface area contributed by atoms with Crippen LogP contribution in [0, 0.1) is 0 Å². The van der Waals surface area contributed by atoms with Gasteiger partial charge in [0.25, 0.3) is 0 Å². The minimum Gasteiger partial charge on any atom is -0.256 e. The highest BCUT2D eigenvalue weighted by Gasteiger charge is 2.16. The molecular formula is C14H17NSi. The standard InChI is InChI=1S/C14H17NSi/c1-16(2,3)13-9-10-14(15-11-13)12-7-5-4-6-8-12/h4-11H,1-3H3/i4D. The van der Waals surface area contributed by atoms with Crippen molar-refractivity contribution in [3.63, 3.8) is 0 Å². The largest absolute Gasteiger partial charge is 0.256 e. The summed E-state index contributed by atoms with van der Waals surface area (Å²) in [6, 6.07) is 12.3. The lowest BCUT2D eigenvalue weighted by molar-refractivity contribution is 1.34. The summed E-state index contributed by atoms with van der Waals surface area (Å²) in [6.45, 7) is 6.95. The van der Waals surface area contributed by atoms with Crippen LogP contribution >= 0.6 is 0 Å². The van der Waals surface area contributed by atoms with Gasteiger partial charge in [0.2, 0.25) is 0 Å². The molecule has 2 rings (SSSR count). The molecule has 2 aromatic rings. The topological polar surface area (TPSA) is 12.9 Å². The predicted molar refractivity (Wildman–Crippen MR) is 72.7 cm³/mol. The van der Waals surface area contributed by atoms with E-state index in [-0.39, 0.29) is 0 Å². The van der Waals surface area contributed by atoms with Crippen LogP contribution in [0.2, 0.25) is 19.6 Å². The third-order valence-corrected chi connectivity index (χ3v) is 4.67. The summed E-state index contributed by atoms with van der Waals surface area (Å²) in [4.78, 5) is 4.52. The quantitative estimate of drug-likeness (QED) is 0.719. The maximum Gasteiger partial charge on any atom is 0.0796 e. The number of benzene rings is 1. The monoisotopic (exact) mass is 228 g/mol. The highest BCUT2D eigenvalue weighted by molar-refractivity contribution is 6.88. The van der Waals surface area contributed by atoms with Crippen LogP contribution in [0.4, 0.5) is 0 Å². The Morgan fingerprint density at radius 2 is 1.75 bits per heavy atom. The fraction of sp³-hybridized carbons (Fsp3) is 0.214. The highest BCUT2D eigenvalue weighted by atomic mass is 28.3. The lowest BCUT2D eigenvalue weighted by Gasteiger charge is -2.16. The molecule has 0 aliphatic heterocycles. The first-order valence-corrected chi connectivity index (χ1v) is 9.00. The second-order valence-electron chi connectivity index (χ2n) is 4.97. The molecule has 0 aliphatic carbocycles. The van der Waals surface area contributed by atoms with Gasteiger partial charge >= 0.3 is 0 Å². The maximum atomic E-state index is 7.46. The van der Waals surface area contributed by atoms with Crippen LogP contribution in [0.25, 0.3) is 11.3 Å². The predicted octanol–water partition coefficient (Wildman–Crippen LogP) is 3.29. The molecule has 2 heteroatoms. The summed E-state index contributed by atoms with van der Waals surface area (Å²) in [5.41, 5.74) is 2.05. The Morgan fingerprint density at radius 3 is 2.25 bits per heavy atom. The highest BCUT2D eigenvalue weighted by Crippen LogP contribution is 2.15. The average molecular weight is 228 g/mol. The van der Waals surface area contributed by atoms with Crippen molar-refractivity contribution in [1.82, 2.24) is 4.98 Å². The molecule has 1 heterocycles. The van der Waals surface area contributed by atoms with Gasteiger partial charge in [0.15, 0.2) is 0 Å². The van der Waals surface area contributed by atoms with Gasteiger partial charge in [0.05, 0.1) is 15.1 Å². The summed E-state index contributed by atoms with van der Waals surface area (Å²) < 4.78 is 7.46. The van der Waals surface area contributed by atoms with Crippen molar-refractivity contribution < 1.29 is 1.37 Å². The third-order valence-electron chi connectivity index (χ3n) is 2.64. The van der Waals surface area contributed by atoms with Crippen LogP contribution < -0.4 is 5.19 Å². The van der Waals surface area contributed by atoms with Crippen LogP contribution in [0.15, 0.2) is 48.6 Å². The molecule has 0 atom stereocenters. The summed E-state index contributed by atoms with van der Waals surface area (Å²) in [5.74, 6) is 0. The second-order valence-corrected chi connectivity index (χ2v) is 10.0. The molecule has 0 bridgehead atoms. The lowest BCUT2D eigenvalue weighted by Crippen LogP contribution is -2.37. The van der Waals surface area contributed by atoms with E-state index in [0.717, 1.165) is 11.3 Å². The van der Waals surface area contributed by atoms with E-state index in [0.29, 0.717) is 6.04 Å². The van der Waals surface area contributed by atoms with E-state index in [1.807, 2.05) is 18.3 Å². The van der Waals surface area contributed by atoms with E-state index in [4.69, 9.17) is 1.37 Å². The van der Waals surface area contributed by atoms with Gasteiger partial charge < -0.3 is 0 Å². The molecule has 0 N–H and O–H groups in total. The molecule has 0 aliphatic rings. The molecule has 0 unspecified atom stereocenters. The number of hydrogen-bond donors (Lipinski definition) is 0. The molecule has 0 radical (unpaired) electrons. The molecule has 16 heavy (non-hydrogen) atoms. The molecule has 0 saturated carbocycles. The molecule has 1 aromatic carbocycles. The molecule has 1 aromatic heterocycles. The van der Waals surface area contributed by atoms with Gasteiger partial charge in [-0.1, -0.05) is 56.0 Å². The molecule has 0 fully saturated rings. The number of aromatic nitrogens is 1. The minimum atomic E-state index is -1.26. The number of hydrogen-bond acceptors (Lipinski definition) is 1. The third kappa shape index (κ3) is 2.39. The van der Waals surface area contributed by atoms with E-state index < -0.39 is 8.07 Å². The van der Waals surface area contributed by atoms with E-state index in [9.17, 15) is 0 Å². The van der Waals surface area contributed by atoms with Crippen LogP contribution in [-0.2, 0) is 0 Å². The van der Waals surface area contributed by atoms with Gasteiger partial charge in [0, 0.05) is 11.8 Å². The second kappa shape index (κ2) is 4.22. The number of nitrogens with zero attached hydrogens (tertiary/aromatic N) is 1. The van der Waals surface area contributed by atoms with Crippen molar-refractivity contribution in [1.29, 1.82) is 0 Å². The smallest absolute Gasteiger partial charge is 0.0796 e.